The molecule has 17 heavy (non-hydrogen) atoms. The second-order valence-corrected chi connectivity index (χ2v) is 4.49. The van der Waals surface area contributed by atoms with Gasteiger partial charge in [-0.2, -0.15) is 4.99 Å². The second kappa shape index (κ2) is 4.95. The van der Waals surface area contributed by atoms with Crippen LogP contribution in [0.2, 0.25) is 0 Å². The molecule has 1 aromatic rings. The van der Waals surface area contributed by atoms with Gasteiger partial charge in [-0.25, -0.2) is 9.18 Å². The summed E-state index contributed by atoms with van der Waals surface area (Å²) in [6.07, 6.45) is -0.792. The molecule has 1 amide bonds. The van der Waals surface area contributed by atoms with Crippen molar-refractivity contribution in [1.29, 1.82) is 0 Å². The highest BCUT2D eigenvalue weighted by Crippen LogP contribution is 2.09. The molecule has 0 atom stereocenters. The molecular weight excluding hydrogens is 223 g/mol. The van der Waals surface area contributed by atoms with Crippen molar-refractivity contribution in [2.45, 2.75) is 26.4 Å². The van der Waals surface area contributed by atoms with Crippen molar-refractivity contribution in [2.24, 2.45) is 10.7 Å². The Kier molecular flexibility index (Phi) is 3.83. The molecular formula is C12H15FN2O2. The Labute approximate surface area is 99.3 Å². The van der Waals surface area contributed by atoms with E-state index < -0.39 is 17.5 Å². The molecule has 2 N–H and O–H groups in total. The van der Waals surface area contributed by atoms with Gasteiger partial charge in [0.05, 0.1) is 0 Å². The fourth-order valence-corrected chi connectivity index (χ4v) is 1.10. The Balaban J connectivity index is 2.83. The highest BCUT2D eigenvalue weighted by molar-refractivity contribution is 6.02. The molecule has 0 aromatic heterocycles. The van der Waals surface area contributed by atoms with Gasteiger partial charge in [0.2, 0.25) is 0 Å². The Morgan fingerprint density at radius 1 is 1.41 bits per heavy atom. The number of carbonyl (C=O) groups excluding carboxylic acids is 1. The zero-order valence-electron chi connectivity index (χ0n) is 10.0. The molecule has 0 bridgehead atoms. The fourth-order valence-electron chi connectivity index (χ4n) is 1.10. The third-order valence-electron chi connectivity index (χ3n) is 1.73. The number of nitrogens with two attached hydrogens (primary N) is 1. The lowest BCUT2D eigenvalue weighted by Crippen LogP contribution is -2.24. The lowest BCUT2D eigenvalue weighted by molar-refractivity contribution is 0.0604. The van der Waals surface area contributed by atoms with Crippen LogP contribution in [0.15, 0.2) is 29.3 Å². The SMILES string of the molecule is CC(C)(C)OC(=O)/N=C(\N)c1cccc(F)c1. The predicted octanol–water partition coefficient (Wildman–Crippen LogP) is 2.47. The van der Waals surface area contributed by atoms with Gasteiger partial charge in [-0.15, -0.1) is 0 Å². The summed E-state index contributed by atoms with van der Waals surface area (Å²) in [5.41, 5.74) is 5.27. The molecule has 0 radical (unpaired) electrons. The van der Waals surface area contributed by atoms with E-state index >= 15 is 0 Å². The van der Waals surface area contributed by atoms with Gasteiger partial charge in [-0.05, 0) is 32.9 Å². The molecule has 0 spiro atoms. The van der Waals surface area contributed by atoms with Crippen molar-refractivity contribution in [3.05, 3.63) is 35.6 Å². The molecule has 5 heteroatoms. The standard InChI is InChI=1S/C12H15FN2O2/c1-12(2,3)17-11(16)15-10(14)8-5-4-6-9(13)7-8/h4-7H,1-3H3,(H2,14,15,16). The Morgan fingerprint density at radius 2 is 2.06 bits per heavy atom. The van der Waals surface area contributed by atoms with E-state index in [1.165, 1.54) is 18.2 Å². The Bertz CT molecular complexity index is 450. The maximum absolute atomic E-state index is 12.9. The van der Waals surface area contributed by atoms with E-state index in [-0.39, 0.29) is 5.84 Å². The number of amides is 1. The number of halogens is 1. The number of nitrogens with zero attached hydrogens (tertiary/aromatic N) is 1. The van der Waals surface area contributed by atoms with E-state index in [1.54, 1.807) is 26.8 Å². The van der Waals surface area contributed by atoms with Gasteiger partial charge in [0.15, 0.2) is 0 Å². The number of amidine groups is 1. The summed E-state index contributed by atoms with van der Waals surface area (Å²) >= 11 is 0. The quantitative estimate of drug-likeness (QED) is 0.603. The summed E-state index contributed by atoms with van der Waals surface area (Å²) in [5.74, 6) is -0.511. The van der Waals surface area contributed by atoms with E-state index in [0.29, 0.717) is 5.56 Å². The van der Waals surface area contributed by atoms with Crippen molar-refractivity contribution in [3.8, 4) is 0 Å². The third kappa shape index (κ3) is 4.63. The highest BCUT2D eigenvalue weighted by Gasteiger charge is 2.16. The van der Waals surface area contributed by atoms with Gasteiger partial charge < -0.3 is 10.5 Å². The molecule has 92 valence electrons. The van der Waals surface area contributed by atoms with Crippen LogP contribution in [0.5, 0.6) is 0 Å². The van der Waals surface area contributed by atoms with Gasteiger partial charge in [-0.3, -0.25) is 0 Å². The van der Waals surface area contributed by atoms with Crippen LogP contribution in [0.25, 0.3) is 0 Å². The van der Waals surface area contributed by atoms with Crippen molar-refractivity contribution >= 4 is 11.9 Å². The normalized spacial score (nSPS) is 12.4. The van der Waals surface area contributed by atoms with E-state index in [2.05, 4.69) is 4.99 Å². The molecule has 0 aliphatic heterocycles. The molecule has 4 nitrogen and oxygen atoms in total. The van der Waals surface area contributed by atoms with Crippen molar-refractivity contribution in [2.75, 3.05) is 0 Å². The lowest BCUT2D eigenvalue weighted by atomic mass is 10.2. The minimum Gasteiger partial charge on any atom is -0.442 e. The molecule has 0 aliphatic rings. The van der Waals surface area contributed by atoms with E-state index in [1.807, 2.05) is 0 Å². The van der Waals surface area contributed by atoms with Crippen LogP contribution in [0, 0.1) is 5.82 Å². The van der Waals surface area contributed by atoms with Crippen molar-refractivity contribution < 1.29 is 13.9 Å². The molecule has 0 fully saturated rings. The summed E-state index contributed by atoms with van der Waals surface area (Å²) in [4.78, 5) is 14.9. The number of hydrogen-bond donors (Lipinski definition) is 1. The van der Waals surface area contributed by atoms with Gasteiger partial charge in [0.1, 0.15) is 17.3 Å². The second-order valence-electron chi connectivity index (χ2n) is 4.49. The number of ether oxygens (including phenoxy) is 1. The van der Waals surface area contributed by atoms with Gasteiger partial charge >= 0.3 is 6.09 Å². The molecule has 0 saturated carbocycles. The first-order valence-corrected chi connectivity index (χ1v) is 5.11. The summed E-state index contributed by atoms with van der Waals surface area (Å²) < 4.78 is 17.9. The first-order valence-electron chi connectivity index (χ1n) is 5.11. The van der Waals surface area contributed by atoms with E-state index in [4.69, 9.17) is 10.5 Å². The highest BCUT2D eigenvalue weighted by atomic mass is 19.1. The maximum Gasteiger partial charge on any atom is 0.436 e. The molecule has 0 heterocycles. The monoisotopic (exact) mass is 238 g/mol. The van der Waals surface area contributed by atoms with E-state index in [9.17, 15) is 9.18 Å². The fraction of sp³-hybridized carbons (Fsp3) is 0.333. The van der Waals surface area contributed by atoms with Crippen LogP contribution in [0.4, 0.5) is 9.18 Å². The maximum atomic E-state index is 12.9. The first-order chi connectivity index (χ1) is 7.78. The summed E-state index contributed by atoms with van der Waals surface area (Å²) in [7, 11) is 0. The van der Waals surface area contributed by atoms with Crippen LogP contribution >= 0.6 is 0 Å². The number of aliphatic imine (C=N–C) groups is 1. The summed E-state index contributed by atoms with van der Waals surface area (Å²) in [6, 6.07) is 5.53. The first kappa shape index (κ1) is 13.2. The lowest BCUT2D eigenvalue weighted by Gasteiger charge is -2.17. The number of benzene rings is 1. The molecule has 1 aromatic carbocycles. The zero-order chi connectivity index (χ0) is 13.1. The molecule has 0 aliphatic carbocycles. The molecule has 0 unspecified atom stereocenters. The average Bonchev–Trinajstić information content (AvgIpc) is 2.14. The van der Waals surface area contributed by atoms with Gasteiger partial charge in [0.25, 0.3) is 0 Å². The zero-order valence-corrected chi connectivity index (χ0v) is 10.0. The predicted molar refractivity (Wildman–Crippen MR) is 63.4 cm³/mol. The Morgan fingerprint density at radius 3 is 2.59 bits per heavy atom. The van der Waals surface area contributed by atoms with Crippen molar-refractivity contribution in [3.63, 3.8) is 0 Å². The van der Waals surface area contributed by atoms with Crippen LogP contribution < -0.4 is 5.73 Å². The molecule has 0 saturated heterocycles. The minimum atomic E-state index is -0.792. The number of hydrogen-bond acceptors (Lipinski definition) is 2. The number of carbonyl (C=O) groups is 1. The minimum absolute atomic E-state index is 0.0706. The topological polar surface area (TPSA) is 64.7 Å². The summed E-state index contributed by atoms with van der Waals surface area (Å²) in [6.45, 7) is 5.16. The number of rotatable bonds is 1. The summed E-state index contributed by atoms with van der Waals surface area (Å²) in [5, 5.41) is 0. The van der Waals surface area contributed by atoms with Crippen LogP contribution in [0.3, 0.4) is 0 Å². The van der Waals surface area contributed by atoms with Crippen molar-refractivity contribution in [1.82, 2.24) is 0 Å². The smallest absolute Gasteiger partial charge is 0.436 e. The average molecular weight is 238 g/mol. The Hall–Kier alpha value is -1.91. The van der Waals surface area contributed by atoms with Crippen LogP contribution in [-0.2, 0) is 4.74 Å². The third-order valence-corrected chi connectivity index (χ3v) is 1.73. The van der Waals surface area contributed by atoms with Crippen LogP contribution in [-0.4, -0.2) is 17.5 Å². The van der Waals surface area contributed by atoms with Crippen LogP contribution in [0.1, 0.15) is 26.3 Å². The van der Waals surface area contributed by atoms with Gasteiger partial charge in [-0.1, -0.05) is 12.1 Å². The van der Waals surface area contributed by atoms with E-state index in [0.717, 1.165) is 0 Å². The van der Waals surface area contributed by atoms with Gasteiger partial charge in [0, 0.05) is 5.56 Å². The molecule has 1 rings (SSSR count). The largest absolute Gasteiger partial charge is 0.442 e.